The molecule has 2 N–H and O–H groups in total. The molecule has 18 heavy (non-hydrogen) atoms. The molecule has 0 aromatic carbocycles. The third-order valence-electron chi connectivity index (χ3n) is 2.73. The molecule has 2 heterocycles. The molecule has 0 aliphatic carbocycles. The van der Waals surface area contributed by atoms with Gasteiger partial charge in [0.25, 0.3) is 0 Å². The van der Waals surface area contributed by atoms with E-state index in [4.69, 9.17) is 10.2 Å². The Hall–Kier alpha value is -0.780. The molecule has 2 unspecified atom stereocenters. The van der Waals surface area contributed by atoms with E-state index < -0.39 is 0 Å². The van der Waals surface area contributed by atoms with Gasteiger partial charge in [0, 0.05) is 17.1 Å². The highest BCUT2D eigenvalue weighted by Crippen LogP contribution is 2.39. The second-order valence-electron chi connectivity index (χ2n) is 4.31. The summed E-state index contributed by atoms with van der Waals surface area (Å²) in [6, 6.07) is 4.08. The SMILES string of the molecule is CCC(N)C(Sc1nc(C)cs1)c1ccc(C)o1. The van der Waals surface area contributed by atoms with E-state index in [1.807, 2.05) is 26.0 Å². The number of hydrogen-bond acceptors (Lipinski definition) is 5. The molecule has 0 radical (unpaired) electrons. The van der Waals surface area contributed by atoms with Gasteiger partial charge in [0.1, 0.15) is 11.5 Å². The number of nitrogens with two attached hydrogens (primary N) is 1. The molecule has 0 saturated heterocycles. The van der Waals surface area contributed by atoms with Gasteiger partial charge < -0.3 is 10.2 Å². The van der Waals surface area contributed by atoms with E-state index in [0.29, 0.717) is 0 Å². The quantitative estimate of drug-likeness (QED) is 0.844. The summed E-state index contributed by atoms with van der Waals surface area (Å²) < 4.78 is 6.77. The maximum absolute atomic E-state index is 6.21. The van der Waals surface area contributed by atoms with E-state index in [1.54, 1.807) is 23.1 Å². The minimum absolute atomic E-state index is 0.0738. The zero-order chi connectivity index (χ0) is 13.1. The Labute approximate surface area is 116 Å². The minimum Gasteiger partial charge on any atom is -0.465 e. The van der Waals surface area contributed by atoms with Gasteiger partial charge in [0.2, 0.25) is 0 Å². The van der Waals surface area contributed by atoms with Crippen molar-refractivity contribution in [3.05, 3.63) is 34.7 Å². The third kappa shape index (κ3) is 3.16. The topological polar surface area (TPSA) is 52.0 Å². The number of rotatable bonds is 5. The summed E-state index contributed by atoms with van der Waals surface area (Å²) in [6.45, 7) is 6.06. The van der Waals surface area contributed by atoms with Crippen LogP contribution in [-0.2, 0) is 0 Å². The van der Waals surface area contributed by atoms with Crippen molar-refractivity contribution in [1.29, 1.82) is 0 Å². The van der Waals surface area contributed by atoms with Gasteiger partial charge in [0.15, 0.2) is 4.34 Å². The zero-order valence-corrected chi connectivity index (χ0v) is 12.5. The molecule has 0 fully saturated rings. The van der Waals surface area contributed by atoms with Crippen molar-refractivity contribution < 1.29 is 4.42 Å². The lowest BCUT2D eigenvalue weighted by Crippen LogP contribution is -2.25. The van der Waals surface area contributed by atoms with Crippen LogP contribution in [0.25, 0.3) is 0 Å². The molecule has 0 aliphatic rings. The maximum Gasteiger partial charge on any atom is 0.150 e. The van der Waals surface area contributed by atoms with Crippen molar-refractivity contribution in [2.75, 3.05) is 0 Å². The van der Waals surface area contributed by atoms with Crippen molar-refractivity contribution in [1.82, 2.24) is 4.98 Å². The maximum atomic E-state index is 6.21. The van der Waals surface area contributed by atoms with Crippen molar-refractivity contribution in [3.63, 3.8) is 0 Å². The summed E-state index contributed by atoms with van der Waals surface area (Å²) >= 11 is 3.36. The molecular formula is C13H18N2OS2. The fraction of sp³-hybridized carbons (Fsp3) is 0.462. The Kier molecular flexibility index (Phi) is 4.48. The smallest absolute Gasteiger partial charge is 0.150 e. The molecule has 0 aliphatic heterocycles. The minimum atomic E-state index is 0.0738. The number of thioether (sulfide) groups is 1. The predicted octanol–water partition coefficient (Wildman–Crippen LogP) is 3.92. The van der Waals surface area contributed by atoms with Gasteiger partial charge in [-0.3, -0.25) is 0 Å². The Bertz CT molecular complexity index is 507. The molecule has 2 aromatic heterocycles. The highest BCUT2D eigenvalue weighted by atomic mass is 32.2. The van der Waals surface area contributed by atoms with E-state index >= 15 is 0 Å². The first-order valence-electron chi connectivity index (χ1n) is 6.01. The van der Waals surface area contributed by atoms with Crippen LogP contribution in [0.15, 0.2) is 26.3 Å². The first kappa shape index (κ1) is 13.6. The first-order chi connectivity index (χ1) is 8.60. The number of aromatic nitrogens is 1. The summed E-state index contributed by atoms with van der Waals surface area (Å²) in [5, 5.41) is 2.19. The lowest BCUT2D eigenvalue weighted by molar-refractivity contribution is 0.454. The van der Waals surface area contributed by atoms with Crippen molar-refractivity contribution >= 4 is 23.1 Å². The number of furan rings is 1. The monoisotopic (exact) mass is 282 g/mol. The highest BCUT2D eigenvalue weighted by Gasteiger charge is 2.24. The number of nitrogens with zero attached hydrogens (tertiary/aromatic N) is 1. The van der Waals surface area contributed by atoms with Gasteiger partial charge >= 0.3 is 0 Å². The van der Waals surface area contributed by atoms with Crippen LogP contribution in [0, 0.1) is 13.8 Å². The van der Waals surface area contributed by atoms with Gasteiger partial charge in [-0.2, -0.15) is 0 Å². The Balaban J connectivity index is 2.20. The van der Waals surface area contributed by atoms with Crippen molar-refractivity contribution in [2.45, 2.75) is 42.8 Å². The highest BCUT2D eigenvalue weighted by molar-refractivity contribution is 8.01. The van der Waals surface area contributed by atoms with E-state index in [0.717, 1.165) is 28.0 Å². The molecule has 0 amide bonds. The number of thiazole rings is 1. The average molecular weight is 282 g/mol. The summed E-state index contributed by atoms with van der Waals surface area (Å²) in [6.07, 6.45) is 0.918. The van der Waals surface area contributed by atoms with Crippen molar-refractivity contribution in [3.8, 4) is 0 Å². The zero-order valence-electron chi connectivity index (χ0n) is 10.8. The van der Waals surface area contributed by atoms with Crippen LogP contribution in [0.5, 0.6) is 0 Å². The Morgan fingerprint density at radius 3 is 2.72 bits per heavy atom. The Morgan fingerprint density at radius 2 is 2.22 bits per heavy atom. The third-order valence-corrected chi connectivity index (χ3v) is 5.19. The molecule has 3 nitrogen and oxygen atoms in total. The molecule has 0 bridgehead atoms. The molecular weight excluding hydrogens is 264 g/mol. The summed E-state index contributed by atoms with van der Waals surface area (Å²) in [5.41, 5.74) is 7.27. The van der Waals surface area contributed by atoms with Gasteiger partial charge in [0.05, 0.1) is 5.25 Å². The summed E-state index contributed by atoms with van der Waals surface area (Å²) in [7, 11) is 0. The molecule has 5 heteroatoms. The van der Waals surface area contributed by atoms with Gasteiger partial charge in [-0.25, -0.2) is 4.98 Å². The van der Waals surface area contributed by atoms with Crippen LogP contribution in [-0.4, -0.2) is 11.0 Å². The predicted molar refractivity (Wildman–Crippen MR) is 77.2 cm³/mol. The van der Waals surface area contributed by atoms with Crippen LogP contribution in [0.1, 0.15) is 35.8 Å². The fourth-order valence-electron chi connectivity index (χ4n) is 1.67. The lowest BCUT2D eigenvalue weighted by Gasteiger charge is -2.19. The van der Waals surface area contributed by atoms with Gasteiger partial charge in [-0.15, -0.1) is 11.3 Å². The molecule has 0 saturated carbocycles. The molecule has 0 spiro atoms. The van der Waals surface area contributed by atoms with E-state index in [2.05, 4.69) is 17.3 Å². The van der Waals surface area contributed by atoms with E-state index in [-0.39, 0.29) is 11.3 Å². The standard InChI is InChI=1S/C13H18N2OS2/c1-4-10(14)12(11-6-5-9(3)16-11)18-13-15-8(2)7-17-13/h5-7,10,12H,4,14H2,1-3H3. The lowest BCUT2D eigenvalue weighted by atomic mass is 10.1. The number of hydrogen-bond donors (Lipinski definition) is 1. The van der Waals surface area contributed by atoms with Gasteiger partial charge in [-0.05, 0) is 32.4 Å². The van der Waals surface area contributed by atoms with Crippen LogP contribution in [0.2, 0.25) is 0 Å². The van der Waals surface area contributed by atoms with Crippen molar-refractivity contribution in [2.24, 2.45) is 5.73 Å². The second kappa shape index (κ2) is 5.91. The van der Waals surface area contributed by atoms with Crippen LogP contribution < -0.4 is 5.73 Å². The average Bonchev–Trinajstić information content (AvgIpc) is 2.94. The fourth-order valence-corrected chi connectivity index (χ4v) is 3.89. The van der Waals surface area contributed by atoms with Crippen LogP contribution in [0.3, 0.4) is 0 Å². The molecule has 2 atom stereocenters. The Morgan fingerprint density at radius 1 is 1.44 bits per heavy atom. The summed E-state index contributed by atoms with van der Waals surface area (Å²) in [4.78, 5) is 4.48. The second-order valence-corrected chi connectivity index (χ2v) is 6.56. The number of aryl methyl sites for hydroxylation is 2. The van der Waals surface area contributed by atoms with Gasteiger partial charge in [-0.1, -0.05) is 18.7 Å². The van der Waals surface area contributed by atoms with Crippen LogP contribution >= 0.6 is 23.1 Å². The molecule has 98 valence electrons. The van der Waals surface area contributed by atoms with Crippen LogP contribution in [0.4, 0.5) is 0 Å². The molecule has 2 aromatic rings. The normalized spacial score (nSPS) is 14.7. The first-order valence-corrected chi connectivity index (χ1v) is 7.76. The molecule has 2 rings (SSSR count). The summed E-state index contributed by atoms with van der Waals surface area (Å²) in [5.74, 6) is 1.87. The van der Waals surface area contributed by atoms with E-state index in [1.165, 1.54) is 0 Å². The van der Waals surface area contributed by atoms with E-state index in [9.17, 15) is 0 Å². The largest absolute Gasteiger partial charge is 0.465 e.